The van der Waals surface area contributed by atoms with Crippen LogP contribution in [0.3, 0.4) is 0 Å². The van der Waals surface area contributed by atoms with E-state index >= 15 is 0 Å². The van der Waals surface area contributed by atoms with Crippen LogP contribution in [0.5, 0.6) is 5.75 Å². The summed E-state index contributed by atoms with van der Waals surface area (Å²) in [6.45, 7) is 0. The molecule has 0 spiro atoms. The summed E-state index contributed by atoms with van der Waals surface area (Å²) in [5.41, 5.74) is 3.27. The van der Waals surface area contributed by atoms with Crippen molar-refractivity contribution in [2.45, 2.75) is 19.3 Å². The van der Waals surface area contributed by atoms with Crippen molar-refractivity contribution in [1.82, 2.24) is 10.5 Å². The highest BCUT2D eigenvalue weighted by Crippen LogP contribution is 2.27. The number of aromatic nitrogens is 1. The van der Waals surface area contributed by atoms with Crippen molar-refractivity contribution < 1.29 is 9.63 Å². The van der Waals surface area contributed by atoms with Crippen molar-refractivity contribution in [1.29, 1.82) is 0 Å². The standard InChI is InChI=1S/C14H14N2O2/c17-14(11-5-1-6-11)16-18-12-8-2-4-10-7-3-9-15-13(10)12/h2-4,7-9,11H,1,5-6H2,(H,16,17). The van der Waals surface area contributed by atoms with Crippen molar-refractivity contribution in [3.63, 3.8) is 0 Å². The van der Waals surface area contributed by atoms with Crippen LogP contribution in [0, 0.1) is 5.92 Å². The van der Waals surface area contributed by atoms with Gasteiger partial charge in [0, 0.05) is 17.5 Å². The average molecular weight is 242 g/mol. The molecule has 3 rings (SSSR count). The third-order valence-electron chi connectivity index (χ3n) is 3.33. The number of carbonyl (C=O) groups is 1. The van der Waals surface area contributed by atoms with E-state index in [1.54, 1.807) is 12.3 Å². The molecule has 1 aliphatic rings. The van der Waals surface area contributed by atoms with Crippen LogP contribution in [-0.4, -0.2) is 10.9 Å². The summed E-state index contributed by atoms with van der Waals surface area (Å²) < 4.78 is 0. The highest BCUT2D eigenvalue weighted by atomic mass is 16.7. The molecule has 1 aliphatic carbocycles. The Morgan fingerprint density at radius 2 is 2.11 bits per heavy atom. The quantitative estimate of drug-likeness (QED) is 0.841. The lowest BCUT2D eigenvalue weighted by Gasteiger charge is -2.23. The third-order valence-corrected chi connectivity index (χ3v) is 3.33. The Hall–Kier alpha value is -2.10. The molecule has 1 aromatic heterocycles. The van der Waals surface area contributed by atoms with Gasteiger partial charge in [0.1, 0.15) is 5.52 Å². The molecule has 0 unspecified atom stereocenters. The summed E-state index contributed by atoms with van der Waals surface area (Å²) in [4.78, 5) is 21.3. The fourth-order valence-corrected chi connectivity index (χ4v) is 2.02. The zero-order valence-electron chi connectivity index (χ0n) is 9.93. The van der Waals surface area contributed by atoms with Gasteiger partial charge in [-0.1, -0.05) is 24.6 Å². The van der Waals surface area contributed by atoms with Gasteiger partial charge in [0.25, 0.3) is 5.91 Å². The van der Waals surface area contributed by atoms with Gasteiger partial charge < -0.3 is 4.84 Å². The van der Waals surface area contributed by atoms with E-state index in [0.717, 1.165) is 30.2 Å². The van der Waals surface area contributed by atoms with Crippen molar-refractivity contribution >= 4 is 16.8 Å². The second-order valence-electron chi connectivity index (χ2n) is 4.53. The van der Waals surface area contributed by atoms with Gasteiger partial charge in [0.2, 0.25) is 0 Å². The lowest BCUT2D eigenvalue weighted by Crippen LogP contribution is -2.36. The van der Waals surface area contributed by atoms with E-state index in [1.807, 2.05) is 24.3 Å². The van der Waals surface area contributed by atoms with Crippen LogP contribution in [0.1, 0.15) is 19.3 Å². The minimum Gasteiger partial charge on any atom is -0.377 e. The van der Waals surface area contributed by atoms with Crippen LogP contribution in [0.4, 0.5) is 0 Å². The van der Waals surface area contributed by atoms with Crippen molar-refractivity contribution in [2.24, 2.45) is 5.92 Å². The summed E-state index contributed by atoms with van der Waals surface area (Å²) in [5.74, 6) is 0.669. The molecule has 1 amide bonds. The number of rotatable bonds is 3. The number of nitrogens with one attached hydrogen (secondary N) is 1. The topological polar surface area (TPSA) is 51.2 Å². The van der Waals surface area contributed by atoms with E-state index in [1.165, 1.54) is 0 Å². The minimum absolute atomic E-state index is 0.0332. The molecular weight excluding hydrogens is 228 g/mol. The predicted octanol–water partition coefficient (Wildman–Crippen LogP) is 2.44. The summed E-state index contributed by atoms with van der Waals surface area (Å²) >= 11 is 0. The molecule has 0 bridgehead atoms. The van der Waals surface area contributed by atoms with Gasteiger partial charge in [0.15, 0.2) is 5.75 Å². The molecule has 0 saturated heterocycles. The number of hydrogen-bond donors (Lipinski definition) is 1. The van der Waals surface area contributed by atoms with Crippen LogP contribution in [0.2, 0.25) is 0 Å². The largest absolute Gasteiger partial charge is 0.377 e. The van der Waals surface area contributed by atoms with Gasteiger partial charge in [-0.15, -0.1) is 0 Å². The maximum absolute atomic E-state index is 11.7. The third kappa shape index (κ3) is 2.01. The maximum atomic E-state index is 11.7. The van der Waals surface area contributed by atoms with Crippen molar-refractivity contribution in [3.05, 3.63) is 36.5 Å². The smallest absolute Gasteiger partial charge is 0.255 e. The molecule has 0 radical (unpaired) electrons. The maximum Gasteiger partial charge on any atom is 0.255 e. The lowest BCUT2D eigenvalue weighted by molar-refractivity contribution is -0.134. The SMILES string of the molecule is O=C(NOc1cccc2cccnc12)C1CCC1. The Labute approximate surface area is 105 Å². The Balaban J connectivity index is 1.76. The molecule has 1 N–H and O–H groups in total. The summed E-state index contributed by atoms with van der Waals surface area (Å²) in [5, 5.41) is 0.993. The lowest BCUT2D eigenvalue weighted by atomic mass is 9.85. The number of hydrogen-bond acceptors (Lipinski definition) is 3. The van der Waals surface area contributed by atoms with Crippen LogP contribution < -0.4 is 10.3 Å². The number of fused-ring (bicyclic) bond motifs is 1. The van der Waals surface area contributed by atoms with E-state index in [0.29, 0.717) is 5.75 Å². The van der Waals surface area contributed by atoms with Crippen molar-refractivity contribution in [2.75, 3.05) is 0 Å². The molecule has 0 aliphatic heterocycles. The fourth-order valence-electron chi connectivity index (χ4n) is 2.02. The molecule has 4 heteroatoms. The number of amides is 1. The monoisotopic (exact) mass is 242 g/mol. The van der Waals surface area contributed by atoms with Crippen LogP contribution in [0.15, 0.2) is 36.5 Å². The van der Waals surface area contributed by atoms with Gasteiger partial charge in [-0.3, -0.25) is 9.78 Å². The first-order valence-corrected chi connectivity index (χ1v) is 6.15. The number of nitrogens with zero attached hydrogens (tertiary/aromatic N) is 1. The van der Waals surface area contributed by atoms with Gasteiger partial charge in [-0.2, -0.15) is 5.48 Å². The first kappa shape index (κ1) is 11.0. The number of para-hydroxylation sites is 1. The van der Waals surface area contributed by atoms with E-state index in [-0.39, 0.29) is 11.8 Å². The first-order valence-electron chi connectivity index (χ1n) is 6.15. The van der Waals surface area contributed by atoms with Crippen LogP contribution in [0.25, 0.3) is 10.9 Å². The Morgan fingerprint density at radius 1 is 1.28 bits per heavy atom. The molecule has 2 aromatic rings. The predicted molar refractivity (Wildman–Crippen MR) is 67.9 cm³/mol. The summed E-state index contributed by atoms with van der Waals surface area (Å²) in [7, 11) is 0. The van der Waals surface area contributed by atoms with Crippen LogP contribution in [-0.2, 0) is 4.79 Å². The zero-order valence-corrected chi connectivity index (χ0v) is 9.93. The van der Waals surface area contributed by atoms with Gasteiger partial charge >= 0.3 is 0 Å². The molecule has 4 nitrogen and oxygen atoms in total. The Kier molecular flexibility index (Phi) is 2.84. The summed E-state index contributed by atoms with van der Waals surface area (Å²) in [6.07, 6.45) is 4.77. The fraction of sp³-hybridized carbons (Fsp3) is 0.286. The zero-order chi connectivity index (χ0) is 12.4. The van der Waals surface area contributed by atoms with Gasteiger partial charge in [0.05, 0.1) is 0 Å². The number of pyridine rings is 1. The minimum atomic E-state index is -0.0332. The van der Waals surface area contributed by atoms with E-state index in [2.05, 4.69) is 10.5 Å². The second kappa shape index (κ2) is 4.64. The molecule has 0 atom stereocenters. The van der Waals surface area contributed by atoms with Crippen LogP contribution >= 0.6 is 0 Å². The van der Waals surface area contributed by atoms with Gasteiger partial charge in [-0.05, 0) is 25.0 Å². The number of carbonyl (C=O) groups excluding carboxylic acids is 1. The molecule has 1 fully saturated rings. The Morgan fingerprint density at radius 3 is 2.89 bits per heavy atom. The molecule has 1 heterocycles. The second-order valence-corrected chi connectivity index (χ2v) is 4.53. The average Bonchev–Trinajstić information content (AvgIpc) is 2.34. The number of benzene rings is 1. The highest BCUT2D eigenvalue weighted by Gasteiger charge is 2.25. The van der Waals surface area contributed by atoms with Crippen molar-refractivity contribution in [3.8, 4) is 5.75 Å². The van der Waals surface area contributed by atoms with E-state index < -0.39 is 0 Å². The van der Waals surface area contributed by atoms with E-state index in [4.69, 9.17) is 4.84 Å². The Bertz CT molecular complexity index is 574. The summed E-state index contributed by atoms with van der Waals surface area (Å²) in [6, 6.07) is 9.48. The molecular formula is C14H14N2O2. The first-order chi connectivity index (χ1) is 8.84. The molecule has 92 valence electrons. The van der Waals surface area contributed by atoms with E-state index in [9.17, 15) is 4.79 Å². The highest BCUT2D eigenvalue weighted by molar-refractivity contribution is 5.84. The van der Waals surface area contributed by atoms with Gasteiger partial charge in [-0.25, -0.2) is 0 Å². The molecule has 18 heavy (non-hydrogen) atoms. The normalized spacial score (nSPS) is 15.1. The molecule has 1 aromatic carbocycles. The number of hydroxylamine groups is 1. The molecule has 1 saturated carbocycles.